The second kappa shape index (κ2) is 9.56. The van der Waals surface area contributed by atoms with Crippen molar-refractivity contribution < 1.29 is 4.42 Å². The van der Waals surface area contributed by atoms with E-state index in [2.05, 4.69) is 28.5 Å². The molecular weight excluding hydrogens is 448 g/mol. The monoisotopic (exact) mass is 472 g/mol. The van der Waals surface area contributed by atoms with Gasteiger partial charge >= 0.3 is 0 Å². The molecule has 1 atom stereocenters. The Kier molecular flexibility index (Phi) is 5.81. The molecule has 36 heavy (non-hydrogen) atoms. The average molecular weight is 473 g/mol. The van der Waals surface area contributed by atoms with E-state index in [4.69, 9.17) is 25.1 Å². The third-order valence-corrected chi connectivity index (χ3v) is 6.15. The molecule has 6 aromatic rings. The van der Waals surface area contributed by atoms with Crippen molar-refractivity contribution in [3.05, 3.63) is 103 Å². The average Bonchev–Trinajstić information content (AvgIpc) is 3.40. The molecule has 0 bridgehead atoms. The number of nitrogens with one attached hydrogen (secondary N) is 1. The zero-order valence-corrected chi connectivity index (χ0v) is 19.5. The lowest BCUT2D eigenvalue weighted by molar-refractivity contribution is 0.616. The fourth-order valence-corrected chi connectivity index (χ4v) is 4.36. The number of nitrogens with two attached hydrogens (primary N) is 1. The van der Waals surface area contributed by atoms with E-state index < -0.39 is 0 Å². The predicted molar refractivity (Wildman–Crippen MR) is 142 cm³/mol. The molecule has 0 spiro atoms. The summed E-state index contributed by atoms with van der Waals surface area (Å²) in [6.45, 7) is 0.565. The smallest absolute Gasteiger partial charge is 0.162 e. The van der Waals surface area contributed by atoms with Crippen molar-refractivity contribution >= 4 is 27.7 Å². The van der Waals surface area contributed by atoms with Gasteiger partial charge in [0.25, 0.3) is 0 Å². The Morgan fingerprint density at radius 2 is 1.72 bits per heavy atom. The van der Waals surface area contributed by atoms with E-state index in [9.17, 15) is 0 Å². The van der Waals surface area contributed by atoms with E-state index in [0.717, 1.165) is 50.9 Å². The first kappa shape index (κ1) is 21.9. The number of rotatable bonds is 7. The van der Waals surface area contributed by atoms with Gasteiger partial charge in [-0.3, -0.25) is 9.97 Å². The third kappa shape index (κ3) is 4.39. The lowest BCUT2D eigenvalue weighted by atomic mass is 10.1. The van der Waals surface area contributed by atoms with Gasteiger partial charge in [-0.05, 0) is 54.4 Å². The van der Waals surface area contributed by atoms with E-state index in [1.54, 1.807) is 24.9 Å². The largest absolute Gasteiger partial charge is 0.464 e. The van der Waals surface area contributed by atoms with Crippen LogP contribution in [0.5, 0.6) is 0 Å². The maximum atomic E-state index is 6.48. The summed E-state index contributed by atoms with van der Waals surface area (Å²) in [6, 6.07) is 23.9. The second-order valence-corrected chi connectivity index (χ2v) is 8.69. The molecule has 7 heteroatoms. The quantitative estimate of drug-likeness (QED) is 0.317. The normalized spacial score (nSPS) is 12.1. The SMILES string of the molecule is N[C@@H](CNc1nc(-c2ccncc2)nc2c(-c3ccc4occc4c3)nccc12)Cc1ccccc1. The number of hydrogen-bond acceptors (Lipinski definition) is 7. The van der Waals surface area contributed by atoms with E-state index in [-0.39, 0.29) is 6.04 Å². The molecular formula is C29H24N6O. The molecule has 176 valence electrons. The molecule has 3 N–H and O–H groups in total. The maximum Gasteiger partial charge on any atom is 0.162 e. The van der Waals surface area contributed by atoms with Gasteiger partial charge in [0, 0.05) is 53.1 Å². The number of pyridine rings is 2. The first-order chi connectivity index (χ1) is 17.7. The molecule has 0 radical (unpaired) electrons. The highest BCUT2D eigenvalue weighted by molar-refractivity contribution is 5.99. The van der Waals surface area contributed by atoms with E-state index >= 15 is 0 Å². The Balaban J connectivity index is 1.42. The zero-order valence-electron chi connectivity index (χ0n) is 19.5. The number of furan rings is 1. The van der Waals surface area contributed by atoms with Gasteiger partial charge in [-0.15, -0.1) is 0 Å². The van der Waals surface area contributed by atoms with E-state index in [1.807, 2.05) is 54.6 Å². The number of hydrogen-bond donors (Lipinski definition) is 2. The Morgan fingerprint density at radius 3 is 2.58 bits per heavy atom. The molecule has 6 rings (SSSR count). The maximum absolute atomic E-state index is 6.48. The molecule has 0 saturated carbocycles. The number of aromatic nitrogens is 4. The minimum Gasteiger partial charge on any atom is -0.464 e. The summed E-state index contributed by atoms with van der Waals surface area (Å²) in [5.74, 6) is 1.33. The van der Waals surface area contributed by atoms with Crippen LogP contribution >= 0.6 is 0 Å². The summed E-state index contributed by atoms with van der Waals surface area (Å²) in [7, 11) is 0. The first-order valence-corrected chi connectivity index (χ1v) is 11.8. The van der Waals surface area contributed by atoms with Crippen LogP contribution in [-0.2, 0) is 6.42 Å². The van der Waals surface area contributed by atoms with Gasteiger partial charge in [-0.25, -0.2) is 9.97 Å². The van der Waals surface area contributed by atoms with Crippen molar-refractivity contribution in [3.8, 4) is 22.6 Å². The van der Waals surface area contributed by atoms with Crippen LogP contribution in [0.4, 0.5) is 5.82 Å². The molecule has 0 aliphatic heterocycles. The Hall–Kier alpha value is -4.62. The summed E-state index contributed by atoms with van der Waals surface area (Å²) in [4.78, 5) is 18.7. The third-order valence-electron chi connectivity index (χ3n) is 6.15. The number of benzene rings is 2. The van der Waals surface area contributed by atoms with Crippen molar-refractivity contribution in [2.45, 2.75) is 12.5 Å². The molecule has 2 aromatic carbocycles. The van der Waals surface area contributed by atoms with Crippen LogP contribution in [0.3, 0.4) is 0 Å². The highest BCUT2D eigenvalue weighted by atomic mass is 16.3. The first-order valence-electron chi connectivity index (χ1n) is 11.8. The molecule has 0 saturated heterocycles. The number of nitrogens with zero attached hydrogens (tertiary/aromatic N) is 4. The summed E-state index contributed by atoms with van der Waals surface area (Å²) < 4.78 is 5.52. The van der Waals surface area contributed by atoms with Crippen LogP contribution < -0.4 is 11.1 Å². The van der Waals surface area contributed by atoms with Crippen molar-refractivity contribution in [3.63, 3.8) is 0 Å². The van der Waals surface area contributed by atoms with E-state index in [1.165, 1.54) is 5.56 Å². The van der Waals surface area contributed by atoms with Crippen LogP contribution in [0, 0.1) is 0 Å². The Labute approximate surface area is 208 Å². The molecule has 0 fully saturated rings. The Bertz CT molecular complexity index is 1630. The van der Waals surface area contributed by atoms with Crippen molar-refractivity contribution in [1.29, 1.82) is 0 Å². The number of anilines is 1. The minimum atomic E-state index is -0.0772. The molecule has 0 aliphatic carbocycles. The van der Waals surface area contributed by atoms with Gasteiger partial charge in [-0.1, -0.05) is 30.3 Å². The van der Waals surface area contributed by atoms with Gasteiger partial charge in [0.05, 0.1) is 12.0 Å². The topological polar surface area (TPSA) is 103 Å². The fourth-order valence-electron chi connectivity index (χ4n) is 4.36. The van der Waals surface area contributed by atoms with Gasteiger partial charge < -0.3 is 15.5 Å². The lowest BCUT2D eigenvalue weighted by Gasteiger charge is -2.16. The van der Waals surface area contributed by atoms with Crippen LogP contribution in [-0.4, -0.2) is 32.5 Å². The lowest BCUT2D eigenvalue weighted by Crippen LogP contribution is -2.31. The van der Waals surface area contributed by atoms with Gasteiger partial charge in [0.1, 0.15) is 16.9 Å². The zero-order chi connectivity index (χ0) is 24.3. The highest BCUT2D eigenvalue weighted by Gasteiger charge is 2.16. The molecule has 4 aromatic heterocycles. The van der Waals surface area contributed by atoms with Gasteiger partial charge in [0.2, 0.25) is 0 Å². The number of fused-ring (bicyclic) bond motifs is 2. The van der Waals surface area contributed by atoms with Gasteiger partial charge in [-0.2, -0.15) is 0 Å². The minimum absolute atomic E-state index is 0.0772. The summed E-state index contributed by atoms with van der Waals surface area (Å²) >= 11 is 0. The molecule has 0 unspecified atom stereocenters. The Morgan fingerprint density at radius 1 is 0.861 bits per heavy atom. The molecule has 0 aliphatic rings. The van der Waals surface area contributed by atoms with Crippen molar-refractivity contribution in [2.75, 3.05) is 11.9 Å². The van der Waals surface area contributed by atoms with Crippen LogP contribution in [0.1, 0.15) is 5.56 Å². The predicted octanol–water partition coefficient (Wildman–Crippen LogP) is 5.48. The summed E-state index contributed by atoms with van der Waals surface area (Å²) in [5.41, 5.74) is 11.9. The fraction of sp³-hybridized carbons (Fsp3) is 0.103. The molecule has 0 amide bonds. The second-order valence-electron chi connectivity index (χ2n) is 8.69. The summed E-state index contributed by atoms with van der Waals surface area (Å²) in [6.07, 6.45) is 7.73. The highest BCUT2D eigenvalue weighted by Crippen LogP contribution is 2.32. The van der Waals surface area contributed by atoms with Crippen LogP contribution in [0.2, 0.25) is 0 Å². The molecule has 7 nitrogen and oxygen atoms in total. The van der Waals surface area contributed by atoms with Crippen LogP contribution in [0.15, 0.2) is 102 Å². The standard InChI is InChI=1S/C29H24N6O/c30-23(16-19-4-2-1-3-5-19)18-33-29-24-10-14-32-26(22-6-7-25-21(17-22)11-15-36-25)27(24)34-28(35-29)20-8-12-31-13-9-20/h1-15,17,23H,16,18,30H2,(H,33,34,35)/t23-/m1/s1. The van der Waals surface area contributed by atoms with Crippen molar-refractivity contribution in [2.24, 2.45) is 5.73 Å². The van der Waals surface area contributed by atoms with Crippen LogP contribution in [0.25, 0.3) is 44.5 Å². The van der Waals surface area contributed by atoms with Gasteiger partial charge in [0.15, 0.2) is 5.82 Å². The molecule has 4 heterocycles. The van der Waals surface area contributed by atoms with E-state index in [0.29, 0.717) is 12.4 Å². The summed E-state index contributed by atoms with van der Waals surface area (Å²) in [5, 5.41) is 5.39. The van der Waals surface area contributed by atoms with Crippen molar-refractivity contribution in [1.82, 2.24) is 19.9 Å².